The average molecular weight is 258 g/mol. The second kappa shape index (κ2) is 6.71. The quantitative estimate of drug-likeness (QED) is 0.577. The van der Waals surface area contributed by atoms with Gasteiger partial charge in [0.25, 0.3) is 0 Å². The van der Waals surface area contributed by atoms with Crippen molar-refractivity contribution in [1.29, 1.82) is 0 Å². The minimum atomic E-state index is -1.73. The Morgan fingerprint density at radius 3 is 2.18 bits per heavy atom. The molecule has 0 aliphatic heterocycles. The van der Waals surface area contributed by atoms with Gasteiger partial charge in [-0.3, -0.25) is 0 Å². The third-order valence-corrected chi connectivity index (χ3v) is 8.23. The van der Waals surface area contributed by atoms with Crippen molar-refractivity contribution in [3.8, 4) is 0 Å². The summed E-state index contributed by atoms with van der Waals surface area (Å²) in [5.74, 6) is 0.525. The number of allylic oxidation sites excluding steroid dienone is 1. The summed E-state index contributed by atoms with van der Waals surface area (Å²) in [6.45, 7) is 15.8. The first kappa shape index (κ1) is 16.9. The van der Waals surface area contributed by atoms with Gasteiger partial charge in [-0.2, -0.15) is 0 Å². The Hall–Kier alpha value is -0.123. The van der Waals surface area contributed by atoms with Gasteiger partial charge in [0.1, 0.15) is 0 Å². The predicted molar refractivity (Wildman–Crippen MR) is 77.8 cm³/mol. The third kappa shape index (κ3) is 6.39. The summed E-state index contributed by atoms with van der Waals surface area (Å²) in [6.07, 6.45) is 4.56. The fourth-order valence-electron chi connectivity index (χ4n) is 1.02. The zero-order valence-electron chi connectivity index (χ0n) is 12.6. The lowest BCUT2D eigenvalue weighted by Gasteiger charge is -2.36. The standard InChI is InChI=1S/C14H30O2Si/c1-8-12(2)9-10-13(15)11-16-17(6,7)14(3,4)5/h9-10,12-13,15H,8,11H2,1-7H3/b10-9+/t12-,13+/m1/s1. The van der Waals surface area contributed by atoms with E-state index < -0.39 is 14.4 Å². The molecule has 0 rings (SSSR count). The maximum absolute atomic E-state index is 9.83. The number of hydrogen-bond acceptors (Lipinski definition) is 2. The summed E-state index contributed by atoms with van der Waals surface area (Å²) in [7, 11) is -1.73. The molecule has 0 radical (unpaired) electrons. The highest BCUT2D eigenvalue weighted by molar-refractivity contribution is 6.74. The molecule has 2 nitrogen and oxygen atoms in total. The molecule has 0 aromatic heterocycles. The van der Waals surface area contributed by atoms with Crippen molar-refractivity contribution in [3.63, 3.8) is 0 Å². The number of rotatable bonds is 6. The third-order valence-electron chi connectivity index (χ3n) is 3.73. The predicted octanol–water partition coefficient (Wildman–Crippen LogP) is 3.97. The van der Waals surface area contributed by atoms with E-state index in [4.69, 9.17) is 4.43 Å². The number of aliphatic hydroxyl groups is 1. The summed E-state index contributed by atoms with van der Waals surface area (Å²) >= 11 is 0. The summed E-state index contributed by atoms with van der Waals surface area (Å²) in [6, 6.07) is 0. The fourth-order valence-corrected chi connectivity index (χ4v) is 2.04. The van der Waals surface area contributed by atoms with Crippen LogP contribution in [-0.2, 0) is 4.43 Å². The molecule has 0 fully saturated rings. The van der Waals surface area contributed by atoms with E-state index in [2.05, 4.69) is 53.8 Å². The molecule has 102 valence electrons. The van der Waals surface area contributed by atoms with Gasteiger partial charge in [0.15, 0.2) is 8.32 Å². The molecule has 0 aromatic rings. The lowest BCUT2D eigenvalue weighted by atomic mass is 10.1. The minimum absolute atomic E-state index is 0.202. The van der Waals surface area contributed by atoms with Crippen LogP contribution < -0.4 is 0 Å². The second-order valence-corrected chi connectivity index (χ2v) is 11.2. The first-order valence-corrected chi connectivity index (χ1v) is 9.51. The van der Waals surface area contributed by atoms with Gasteiger partial charge in [-0.15, -0.1) is 0 Å². The van der Waals surface area contributed by atoms with E-state index in [0.717, 1.165) is 6.42 Å². The van der Waals surface area contributed by atoms with Crippen LogP contribution in [0.25, 0.3) is 0 Å². The highest BCUT2D eigenvalue weighted by Gasteiger charge is 2.37. The van der Waals surface area contributed by atoms with E-state index in [9.17, 15) is 5.11 Å². The number of aliphatic hydroxyl groups excluding tert-OH is 1. The van der Waals surface area contributed by atoms with Crippen molar-refractivity contribution in [1.82, 2.24) is 0 Å². The van der Waals surface area contributed by atoms with E-state index in [1.165, 1.54) is 0 Å². The lowest BCUT2D eigenvalue weighted by Crippen LogP contribution is -2.42. The molecule has 0 saturated carbocycles. The van der Waals surface area contributed by atoms with Gasteiger partial charge in [0.2, 0.25) is 0 Å². The zero-order chi connectivity index (χ0) is 13.7. The lowest BCUT2D eigenvalue weighted by molar-refractivity contribution is 0.135. The monoisotopic (exact) mass is 258 g/mol. The van der Waals surface area contributed by atoms with Crippen molar-refractivity contribution in [3.05, 3.63) is 12.2 Å². The van der Waals surface area contributed by atoms with Gasteiger partial charge in [-0.05, 0) is 24.1 Å². The van der Waals surface area contributed by atoms with Crippen LogP contribution in [0.3, 0.4) is 0 Å². The van der Waals surface area contributed by atoms with Crippen LogP contribution in [0.1, 0.15) is 41.0 Å². The Morgan fingerprint density at radius 2 is 1.76 bits per heavy atom. The molecule has 0 aliphatic rings. The van der Waals surface area contributed by atoms with Crippen LogP contribution in [0.5, 0.6) is 0 Å². The molecular formula is C14H30O2Si. The van der Waals surface area contributed by atoms with Gasteiger partial charge in [0.05, 0.1) is 12.7 Å². The molecule has 17 heavy (non-hydrogen) atoms. The minimum Gasteiger partial charge on any atom is -0.414 e. The Kier molecular flexibility index (Phi) is 6.67. The fraction of sp³-hybridized carbons (Fsp3) is 0.857. The van der Waals surface area contributed by atoms with Crippen molar-refractivity contribution in [2.75, 3.05) is 6.61 Å². The molecule has 0 bridgehead atoms. The molecule has 3 heteroatoms. The maximum Gasteiger partial charge on any atom is 0.192 e. The Labute approximate surface area is 108 Å². The molecular weight excluding hydrogens is 228 g/mol. The summed E-state index contributed by atoms with van der Waals surface area (Å²) in [5.41, 5.74) is 0. The highest BCUT2D eigenvalue weighted by Crippen LogP contribution is 2.36. The Morgan fingerprint density at radius 1 is 1.24 bits per heavy atom. The smallest absolute Gasteiger partial charge is 0.192 e. The first-order chi connectivity index (χ1) is 7.60. The van der Waals surface area contributed by atoms with E-state index in [0.29, 0.717) is 12.5 Å². The molecule has 0 aliphatic carbocycles. The van der Waals surface area contributed by atoms with Gasteiger partial charge in [-0.1, -0.05) is 53.2 Å². The summed E-state index contributed by atoms with van der Waals surface area (Å²) in [4.78, 5) is 0. The maximum atomic E-state index is 9.83. The van der Waals surface area contributed by atoms with Crippen molar-refractivity contribution < 1.29 is 9.53 Å². The first-order valence-electron chi connectivity index (χ1n) is 6.60. The molecule has 0 unspecified atom stereocenters. The van der Waals surface area contributed by atoms with Gasteiger partial charge in [-0.25, -0.2) is 0 Å². The molecule has 0 amide bonds. The van der Waals surface area contributed by atoms with Crippen LogP contribution >= 0.6 is 0 Å². The van der Waals surface area contributed by atoms with Gasteiger partial charge >= 0.3 is 0 Å². The molecule has 0 aromatic carbocycles. The van der Waals surface area contributed by atoms with Crippen LogP contribution in [0.15, 0.2) is 12.2 Å². The van der Waals surface area contributed by atoms with E-state index in [1.54, 1.807) is 0 Å². The Balaban J connectivity index is 4.17. The summed E-state index contributed by atoms with van der Waals surface area (Å²) in [5, 5.41) is 10.0. The van der Waals surface area contributed by atoms with Crippen molar-refractivity contribution in [2.45, 2.75) is 65.3 Å². The Bertz CT molecular complexity index is 241. The molecule has 0 spiro atoms. The molecule has 0 heterocycles. The highest BCUT2D eigenvalue weighted by atomic mass is 28.4. The van der Waals surface area contributed by atoms with Crippen molar-refractivity contribution in [2.24, 2.45) is 5.92 Å². The zero-order valence-corrected chi connectivity index (χ0v) is 13.6. The molecule has 2 atom stereocenters. The van der Waals surface area contributed by atoms with Gasteiger partial charge < -0.3 is 9.53 Å². The number of hydrogen-bond donors (Lipinski definition) is 1. The molecule has 0 saturated heterocycles. The largest absolute Gasteiger partial charge is 0.414 e. The van der Waals surface area contributed by atoms with Crippen molar-refractivity contribution >= 4 is 8.32 Å². The van der Waals surface area contributed by atoms with Crippen LogP contribution in [-0.4, -0.2) is 26.1 Å². The average Bonchev–Trinajstić information content (AvgIpc) is 2.21. The van der Waals surface area contributed by atoms with E-state index in [-0.39, 0.29) is 5.04 Å². The normalized spacial score (nSPS) is 17.4. The van der Waals surface area contributed by atoms with E-state index in [1.807, 2.05) is 6.08 Å². The topological polar surface area (TPSA) is 29.5 Å². The van der Waals surface area contributed by atoms with E-state index >= 15 is 0 Å². The summed E-state index contributed by atoms with van der Waals surface area (Å²) < 4.78 is 5.96. The SMILES string of the molecule is CC[C@@H](C)/C=C/[C@H](O)CO[Si](C)(C)C(C)(C)C. The van der Waals surface area contributed by atoms with Crippen LogP contribution in [0.2, 0.25) is 18.1 Å². The van der Waals surface area contributed by atoms with Gasteiger partial charge in [0, 0.05) is 0 Å². The van der Waals surface area contributed by atoms with Crippen LogP contribution in [0.4, 0.5) is 0 Å². The molecule has 1 N–H and O–H groups in total. The van der Waals surface area contributed by atoms with Crippen LogP contribution in [0, 0.1) is 5.92 Å². The second-order valence-electron chi connectivity index (χ2n) is 6.41.